The number of hydrogen-bond acceptors (Lipinski definition) is 9. The Bertz CT molecular complexity index is 2520. The molecule has 0 fully saturated rings. The monoisotopic (exact) mass is 741 g/mol. The summed E-state index contributed by atoms with van der Waals surface area (Å²) in [7, 11) is 0. The maximum absolute atomic E-state index is 13.6. The van der Waals surface area contributed by atoms with Gasteiger partial charge in [0.15, 0.2) is 0 Å². The SMILES string of the molecule is Cc1ccc(NC(=O)c2ccc3c(c2)C(=O)N(c2ccc(-c4ccc(N5C(=O)c6ccc(C(=O)Nc7ccc(N)cn7)cc6C5=O)cc4C)c(C)c2)C3=O)nc1. The lowest BCUT2D eigenvalue weighted by molar-refractivity contribution is 0.0910. The van der Waals surface area contributed by atoms with Gasteiger partial charge in [0.2, 0.25) is 0 Å². The minimum atomic E-state index is -0.560. The van der Waals surface area contributed by atoms with Crippen LogP contribution in [-0.2, 0) is 0 Å². The third kappa shape index (κ3) is 6.12. The molecule has 2 aliphatic heterocycles. The van der Waals surface area contributed by atoms with E-state index in [1.54, 1.807) is 60.8 Å². The average Bonchev–Trinajstić information content (AvgIpc) is 3.59. The molecule has 274 valence electrons. The lowest BCUT2D eigenvalue weighted by Crippen LogP contribution is -2.29. The third-order valence-corrected chi connectivity index (χ3v) is 9.70. The van der Waals surface area contributed by atoms with Crippen LogP contribution in [0.4, 0.5) is 28.7 Å². The van der Waals surface area contributed by atoms with Crippen LogP contribution in [-0.4, -0.2) is 45.4 Å². The van der Waals surface area contributed by atoms with Crippen molar-refractivity contribution in [2.24, 2.45) is 0 Å². The Morgan fingerprint density at radius 3 is 1.34 bits per heavy atom. The number of anilines is 5. The van der Waals surface area contributed by atoms with Crippen molar-refractivity contribution < 1.29 is 28.8 Å². The van der Waals surface area contributed by atoms with Gasteiger partial charge in [0.05, 0.1) is 45.5 Å². The standard InChI is InChI=1S/C43H31N7O6/c1-22-4-14-36(45-20-22)47-38(51)25-5-10-32-34(18-25)42(55)49(40(32)53)28-8-12-30(23(2)16-28)31-13-9-29(17-24(31)3)50-41(54)33-11-6-26(19-35(33)43(50)56)39(52)48-37-15-7-27(44)21-46-37/h4-21H,44H2,1-3H3,(H,45,47,51)(H,46,48,52). The highest BCUT2D eigenvalue weighted by Gasteiger charge is 2.39. The molecular formula is C43H31N7O6. The fourth-order valence-corrected chi connectivity index (χ4v) is 6.81. The van der Waals surface area contributed by atoms with Crippen molar-refractivity contribution in [1.82, 2.24) is 9.97 Å². The van der Waals surface area contributed by atoms with Crippen LogP contribution in [0.25, 0.3) is 11.1 Å². The first kappa shape index (κ1) is 35.2. The van der Waals surface area contributed by atoms with E-state index in [9.17, 15) is 28.8 Å². The molecule has 0 bridgehead atoms. The lowest BCUT2D eigenvalue weighted by atomic mass is 9.95. The Morgan fingerprint density at radius 1 is 0.500 bits per heavy atom. The van der Waals surface area contributed by atoms with Gasteiger partial charge in [0.25, 0.3) is 35.4 Å². The number of nitrogens with two attached hydrogens (primary N) is 1. The smallest absolute Gasteiger partial charge is 0.266 e. The first-order valence-corrected chi connectivity index (χ1v) is 17.4. The molecule has 2 aliphatic rings. The van der Waals surface area contributed by atoms with E-state index in [1.807, 2.05) is 26.8 Å². The molecule has 0 saturated heterocycles. The van der Waals surface area contributed by atoms with Gasteiger partial charge in [-0.3, -0.25) is 28.8 Å². The van der Waals surface area contributed by atoms with Gasteiger partial charge in [-0.1, -0.05) is 18.2 Å². The van der Waals surface area contributed by atoms with Gasteiger partial charge in [0, 0.05) is 17.3 Å². The number of aryl methyl sites for hydroxylation is 3. The summed E-state index contributed by atoms with van der Waals surface area (Å²) < 4.78 is 0. The van der Waals surface area contributed by atoms with Crippen molar-refractivity contribution >= 4 is 64.1 Å². The molecule has 0 aliphatic carbocycles. The summed E-state index contributed by atoms with van der Waals surface area (Å²) >= 11 is 0. The number of pyridine rings is 2. The molecule has 0 saturated carbocycles. The molecule has 0 atom stereocenters. The Balaban J connectivity index is 0.994. The van der Waals surface area contributed by atoms with Crippen molar-refractivity contribution in [3.63, 3.8) is 0 Å². The zero-order valence-corrected chi connectivity index (χ0v) is 30.2. The first-order valence-electron chi connectivity index (χ1n) is 17.4. The number of rotatable bonds is 7. The fraction of sp³-hybridized carbons (Fsp3) is 0.0698. The van der Waals surface area contributed by atoms with Gasteiger partial charge < -0.3 is 16.4 Å². The van der Waals surface area contributed by atoms with Crippen molar-refractivity contribution in [3.8, 4) is 11.1 Å². The van der Waals surface area contributed by atoms with E-state index >= 15 is 0 Å². The Hall–Kier alpha value is -7.80. The lowest BCUT2D eigenvalue weighted by Gasteiger charge is -2.19. The summed E-state index contributed by atoms with van der Waals surface area (Å²) in [6.45, 7) is 5.59. The quantitative estimate of drug-likeness (QED) is 0.149. The third-order valence-electron chi connectivity index (χ3n) is 9.70. The molecule has 4 N–H and O–H groups in total. The van der Waals surface area contributed by atoms with Gasteiger partial charge in [-0.15, -0.1) is 0 Å². The molecule has 6 aromatic rings. The molecule has 0 spiro atoms. The molecule has 4 heterocycles. The van der Waals surface area contributed by atoms with Crippen molar-refractivity contribution in [2.75, 3.05) is 26.2 Å². The molecule has 13 heteroatoms. The summed E-state index contributed by atoms with van der Waals surface area (Å²) in [6.07, 6.45) is 3.04. The molecule has 0 unspecified atom stereocenters. The van der Waals surface area contributed by atoms with Gasteiger partial charge >= 0.3 is 0 Å². The van der Waals surface area contributed by atoms with E-state index in [-0.39, 0.29) is 39.2 Å². The number of imide groups is 2. The topological polar surface area (TPSA) is 185 Å². The maximum atomic E-state index is 13.6. The van der Waals surface area contributed by atoms with E-state index in [2.05, 4.69) is 20.6 Å². The Morgan fingerprint density at radius 2 is 0.929 bits per heavy atom. The van der Waals surface area contributed by atoms with Crippen LogP contribution in [0.1, 0.15) is 78.8 Å². The average molecular weight is 742 g/mol. The molecule has 6 amide bonds. The molecule has 13 nitrogen and oxygen atoms in total. The number of benzene rings is 4. The molecule has 4 aromatic carbocycles. The van der Waals surface area contributed by atoms with Crippen LogP contribution >= 0.6 is 0 Å². The number of nitrogens with zero attached hydrogens (tertiary/aromatic N) is 4. The number of fused-ring (bicyclic) bond motifs is 2. The van der Waals surface area contributed by atoms with Crippen molar-refractivity contribution in [3.05, 3.63) is 160 Å². The molecule has 56 heavy (non-hydrogen) atoms. The van der Waals surface area contributed by atoms with Crippen LogP contribution in [0.2, 0.25) is 0 Å². The number of carbonyl (C=O) groups excluding carboxylic acids is 6. The number of nitrogens with one attached hydrogen (secondary N) is 2. The van der Waals surface area contributed by atoms with E-state index in [0.29, 0.717) is 22.9 Å². The van der Waals surface area contributed by atoms with Crippen LogP contribution in [0.5, 0.6) is 0 Å². The van der Waals surface area contributed by atoms with E-state index < -0.39 is 35.4 Å². The highest BCUT2D eigenvalue weighted by molar-refractivity contribution is 6.36. The van der Waals surface area contributed by atoms with E-state index in [1.165, 1.54) is 42.6 Å². The van der Waals surface area contributed by atoms with Gasteiger partial charge in [-0.05, 0) is 127 Å². The zero-order chi connectivity index (χ0) is 39.4. The number of carbonyl (C=O) groups is 6. The number of aromatic nitrogens is 2. The van der Waals surface area contributed by atoms with Crippen LogP contribution < -0.4 is 26.2 Å². The second-order valence-electron chi connectivity index (χ2n) is 13.5. The van der Waals surface area contributed by atoms with Gasteiger partial charge in [0.1, 0.15) is 11.6 Å². The summed E-state index contributed by atoms with van der Waals surface area (Å²) in [4.78, 5) is 90.4. The van der Waals surface area contributed by atoms with E-state index in [4.69, 9.17) is 5.73 Å². The second kappa shape index (κ2) is 13.6. The Kier molecular flexibility index (Phi) is 8.53. The second-order valence-corrected chi connectivity index (χ2v) is 13.5. The van der Waals surface area contributed by atoms with Crippen LogP contribution in [0, 0.1) is 20.8 Å². The number of nitrogen functional groups attached to an aromatic ring is 1. The van der Waals surface area contributed by atoms with Crippen molar-refractivity contribution in [1.29, 1.82) is 0 Å². The molecule has 8 rings (SSSR count). The van der Waals surface area contributed by atoms with Gasteiger partial charge in [-0.2, -0.15) is 0 Å². The van der Waals surface area contributed by atoms with Crippen LogP contribution in [0.3, 0.4) is 0 Å². The predicted molar refractivity (Wildman–Crippen MR) is 210 cm³/mol. The summed E-state index contributed by atoms with van der Waals surface area (Å²) in [5, 5.41) is 5.36. The van der Waals surface area contributed by atoms with Gasteiger partial charge in [-0.25, -0.2) is 19.8 Å². The highest BCUT2D eigenvalue weighted by Crippen LogP contribution is 2.37. The Labute approximate surface area is 319 Å². The molecule has 2 aromatic heterocycles. The minimum Gasteiger partial charge on any atom is -0.397 e. The predicted octanol–water partition coefficient (Wildman–Crippen LogP) is 6.76. The summed E-state index contributed by atoms with van der Waals surface area (Å²) in [5.74, 6) is -2.44. The fourth-order valence-electron chi connectivity index (χ4n) is 6.81. The van der Waals surface area contributed by atoms with Crippen LogP contribution in [0.15, 0.2) is 109 Å². The minimum absolute atomic E-state index is 0.105. The number of amides is 6. The van der Waals surface area contributed by atoms with E-state index in [0.717, 1.165) is 37.6 Å². The molecular weight excluding hydrogens is 711 g/mol. The largest absolute Gasteiger partial charge is 0.397 e. The first-order chi connectivity index (χ1) is 26.9. The maximum Gasteiger partial charge on any atom is 0.266 e. The normalized spacial score (nSPS) is 13.2. The number of hydrogen-bond donors (Lipinski definition) is 3. The molecule has 0 radical (unpaired) electrons. The summed E-state index contributed by atoms with van der Waals surface area (Å²) in [5.41, 5.74) is 11.9. The highest BCUT2D eigenvalue weighted by atomic mass is 16.2. The summed E-state index contributed by atoms with van der Waals surface area (Å²) in [6, 6.07) is 25.8. The van der Waals surface area contributed by atoms with Crippen molar-refractivity contribution in [2.45, 2.75) is 20.8 Å². The zero-order valence-electron chi connectivity index (χ0n) is 30.2.